The SMILES string of the molecule is Cc1ccc(C(CN2CCOCC2)NC(=O)c2ccc(Cl)c(S(=O)(=O)N3CCCC3)c2)cc1. The fraction of sp³-hybridized carbons (Fsp3) is 0.458. The van der Waals surface area contributed by atoms with E-state index in [1.54, 1.807) is 6.07 Å². The van der Waals surface area contributed by atoms with Gasteiger partial charge in [-0.3, -0.25) is 9.69 Å². The van der Waals surface area contributed by atoms with Crippen LogP contribution in [0.4, 0.5) is 0 Å². The summed E-state index contributed by atoms with van der Waals surface area (Å²) in [6.45, 7) is 6.57. The lowest BCUT2D eigenvalue weighted by Gasteiger charge is -2.31. The van der Waals surface area contributed by atoms with Gasteiger partial charge < -0.3 is 10.1 Å². The molecule has 2 aliphatic rings. The number of aryl methyl sites for hydroxylation is 1. The van der Waals surface area contributed by atoms with Crippen LogP contribution in [0.2, 0.25) is 5.02 Å². The van der Waals surface area contributed by atoms with E-state index in [2.05, 4.69) is 10.2 Å². The molecule has 9 heteroatoms. The normalized spacial score (nSPS) is 18.8. The lowest BCUT2D eigenvalue weighted by atomic mass is 10.0. The number of carbonyl (C=O) groups is 1. The summed E-state index contributed by atoms with van der Waals surface area (Å²) >= 11 is 6.25. The van der Waals surface area contributed by atoms with Crippen molar-refractivity contribution in [2.24, 2.45) is 0 Å². The highest BCUT2D eigenvalue weighted by molar-refractivity contribution is 7.89. The molecule has 2 heterocycles. The average Bonchev–Trinajstić information content (AvgIpc) is 3.36. The van der Waals surface area contributed by atoms with Gasteiger partial charge in [-0.05, 0) is 43.5 Å². The maximum atomic E-state index is 13.2. The number of ether oxygens (including phenoxy) is 1. The van der Waals surface area contributed by atoms with Crippen LogP contribution in [0, 0.1) is 6.92 Å². The van der Waals surface area contributed by atoms with Crippen LogP contribution in [0.5, 0.6) is 0 Å². The molecule has 2 saturated heterocycles. The number of carbonyl (C=O) groups excluding carboxylic acids is 1. The Morgan fingerprint density at radius 2 is 1.73 bits per heavy atom. The topological polar surface area (TPSA) is 79.0 Å². The van der Waals surface area contributed by atoms with Crippen molar-refractivity contribution in [2.45, 2.75) is 30.7 Å². The van der Waals surface area contributed by atoms with Crippen LogP contribution < -0.4 is 5.32 Å². The van der Waals surface area contributed by atoms with Gasteiger partial charge in [0.15, 0.2) is 0 Å². The van der Waals surface area contributed by atoms with Crippen LogP contribution in [-0.2, 0) is 14.8 Å². The van der Waals surface area contributed by atoms with E-state index in [9.17, 15) is 13.2 Å². The quantitative estimate of drug-likeness (QED) is 0.643. The maximum Gasteiger partial charge on any atom is 0.251 e. The number of rotatable bonds is 7. The van der Waals surface area contributed by atoms with Crippen molar-refractivity contribution < 1.29 is 17.9 Å². The Bertz CT molecular complexity index is 1080. The van der Waals surface area contributed by atoms with Crippen LogP contribution in [0.15, 0.2) is 47.4 Å². The Labute approximate surface area is 200 Å². The van der Waals surface area contributed by atoms with Gasteiger partial charge in [0, 0.05) is 38.3 Å². The van der Waals surface area contributed by atoms with Gasteiger partial charge in [0.25, 0.3) is 5.91 Å². The summed E-state index contributed by atoms with van der Waals surface area (Å²) in [7, 11) is -3.73. The van der Waals surface area contributed by atoms with Crippen LogP contribution >= 0.6 is 11.6 Å². The van der Waals surface area contributed by atoms with Gasteiger partial charge in [0.1, 0.15) is 4.90 Å². The zero-order chi connectivity index (χ0) is 23.4. The lowest BCUT2D eigenvalue weighted by molar-refractivity contribution is 0.0332. The fourth-order valence-electron chi connectivity index (χ4n) is 4.23. The molecule has 1 N–H and O–H groups in total. The molecule has 2 aromatic rings. The zero-order valence-corrected chi connectivity index (χ0v) is 20.4. The first kappa shape index (κ1) is 24.2. The van der Waals surface area contributed by atoms with Crippen molar-refractivity contribution >= 4 is 27.5 Å². The second-order valence-electron chi connectivity index (χ2n) is 8.61. The predicted octanol–water partition coefficient (Wildman–Crippen LogP) is 3.24. The number of sulfonamides is 1. The smallest absolute Gasteiger partial charge is 0.251 e. The first-order valence-corrected chi connectivity index (χ1v) is 13.1. The predicted molar refractivity (Wildman–Crippen MR) is 128 cm³/mol. The standard InChI is InChI=1S/C24H30ClN3O4S/c1-18-4-6-19(7-5-18)22(17-27-12-14-32-15-13-27)26-24(29)20-8-9-21(25)23(16-20)33(30,31)28-10-2-3-11-28/h4-9,16,22H,2-3,10-15,17H2,1H3,(H,26,29). The summed E-state index contributed by atoms with van der Waals surface area (Å²) in [5, 5.41) is 3.24. The van der Waals surface area contributed by atoms with Crippen LogP contribution in [0.25, 0.3) is 0 Å². The number of nitrogens with zero attached hydrogens (tertiary/aromatic N) is 2. The van der Waals surface area contributed by atoms with Crippen molar-refractivity contribution in [1.82, 2.24) is 14.5 Å². The molecular formula is C24H30ClN3O4S. The Morgan fingerprint density at radius 3 is 2.39 bits per heavy atom. The largest absolute Gasteiger partial charge is 0.379 e. The van der Waals surface area contributed by atoms with E-state index in [1.165, 1.54) is 16.4 Å². The van der Waals surface area contributed by atoms with E-state index in [4.69, 9.17) is 16.3 Å². The third kappa shape index (κ3) is 5.75. The van der Waals surface area contributed by atoms with Gasteiger partial charge in [-0.2, -0.15) is 4.31 Å². The molecular weight excluding hydrogens is 462 g/mol. The zero-order valence-electron chi connectivity index (χ0n) is 18.8. The van der Waals surface area contributed by atoms with E-state index in [-0.39, 0.29) is 27.4 Å². The second kappa shape index (κ2) is 10.5. The Kier molecular flexibility index (Phi) is 7.71. The Morgan fingerprint density at radius 1 is 1.06 bits per heavy atom. The molecule has 0 bridgehead atoms. The average molecular weight is 492 g/mol. The first-order chi connectivity index (χ1) is 15.8. The van der Waals surface area contributed by atoms with Crippen molar-refractivity contribution in [2.75, 3.05) is 45.9 Å². The highest BCUT2D eigenvalue weighted by atomic mass is 35.5. The number of halogens is 1. The number of nitrogens with one attached hydrogen (secondary N) is 1. The molecule has 0 spiro atoms. The van der Waals surface area contributed by atoms with Crippen LogP contribution in [-0.4, -0.2) is 69.5 Å². The highest BCUT2D eigenvalue weighted by Crippen LogP contribution is 2.28. The Balaban J connectivity index is 1.57. The molecule has 2 aliphatic heterocycles. The number of morpholine rings is 1. The molecule has 1 amide bonds. The van der Waals surface area contributed by atoms with E-state index in [0.717, 1.165) is 37.1 Å². The van der Waals surface area contributed by atoms with Crippen molar-refractivity contribution in [1.29, 1.82) is 0 Å². The van der Waals surface area contributed by atoms with Crippen molar-refractivity contribution in [3.63, 3.8) is 0 Å². The fourth-order valence-corrected chi connectivity index (χ4v) is 6.24. The molecule has 178 valence electrons. The van der Waals surface area contributed by atoms with Crippen molar-refractivity contribution in [3.8, 4) is 0 Å². The monoisotopic (exact) mass is 491 g/mol. The minimum absolute atomic E-state index is 0.0150. The molecule has 1 unspecified atom stereocenters. The molecule has 0 aromatic heterocycles. The third-order valence-corrected chi connectivity index (χ3v) is 8.59. The van der Waals surface area contributed by atoms with Gasteiger partial charge in [-0.15, -0.1) is 0 Å². The van der Waals surface area contributed by atoms with E-state index in [1.807, 2.05) is 31.2 Å². The first-order valence-electron chi connectivity index (χ1n) is 11.3. The van der Waals surface area contributed by atoms with Crippen LogP contribution in [0.3, 0.4) is 0 Å². The van der Waals surface area contributed by atoms with Gasteiger partial charge in [0.2, 0.25) is 10.0 Å². The van der Waals surface area contributed by atoms with Gasteiger partial charge in [0.05, 0.1) is 24.3 Å². The summed E-state index contributed by atoms with van der Waals surface area (Å²) < 4.78 is 33.0. The molecule has 0 aliphatic carbocycles. The molecule has 0 saturated carbocycles. The summed E-state index contributed by atoms with van der Waals surface area (Å²) in [4.78, 5) is 15.5. The number of amides is 1. The van der Waals surface area contributed by atoms with E-state index in [0.29, 0.717) is 32.8 Å². The minimum Gasteiger partial charge on any atom is -0.379 e. The number of hydrogen-bond donors (Lipinski definition) is 1. The van der Waals surface area contributed by atoms with Gasteiger partial charge in [-0.25, -0.2) is 8.42 Å². The van der Waals surface area contributed by atoms with E-state index < -0.39 is 10.0 Å². The highest BCUT2D eigenvalue weighted by Gasteiger charge is 2.30. The molecule has 7 nitrogen and oxygen atoms in total. The molecule has 2 aromatic carbocycles. The van der Waals surface area contributed by atoms with Crippen molar-refractivity contribution in [3.05, 3.63) is 64.2 Å². The molecule has 1 atom stereocenters. The van der Waals surface area contributed by atoms with E-state index >= 15 is 0 Å². The third-order valence-electron chi connectivity index (χ3n) is 6.21. The van der Waals surface area contributed by atoms with Gasteiger partial charge >= 0.3 is 0 Å². The summed E-state index contributed by atoms with van der Waals surface area (Å²) in [5.41, 5.74) is 2.42. The summed E-state index contributed by atoms with van der Waals surface area (Å²) in [6.07, 6.45) is 1.66. The summed E-state index contributed by atoms with van der Waals surface area (Å²) in [6, 6.07) is 12.3. The molecule has 33 heavy (non-hydrogen) atoms. The molecule has 0 radical (unpaired) electrons. The number of benzene rings is 2. The lowest BCUT2D eigenvalue weighted by Crippen LogP contribution is -2.43. The number of hydrogen-bond acceptors (Lipinski definition) is 5. The van der Waals surface area contributed by atoms with Crippen LogP contribution in [0.1, 0.15) is 40.4 Å². The van der Waals surface area contributed by atoms with Gasteiger partial charge in [-0.1, -0.05) is 41.4 Å². The second-order valence-corrected chi connectivity index (χ2v) is 10.9. The Hall–Kier alpha value is -1.97. The maximum absolute atomic E-state index is 13.2. The minimum atomic E-state index is -3.73. The molecule has 4 rings (SSSR count). The molecule has 2 fully saturated rings. The summed E-state index contributed by atoms with van der Waals surface area (Å²) in [5.74, 6) is -0.330.